The Morgan fingerprint density at radius 2 is 1.95 bits per heavy atom. The summed E-state index contributed by atoms with van der Waals surface area (Å²) in [5, 5.41) is 22.4. The molecule has 7 heteroatoms. The molecule has 110 valence electrons. The molecule has 1 saturated carbocycles. The summed E-state index contributed by atoms with van der Waals surface area (Å²) >= 11 is 0. The van der Waals surface area contributed by atoms with Gasteiger partial charge in [0.15, 0.2) is 6.10 Å². The Kier molecular flexibility index (Phi) is 6.58. The van der Waals surface area contributed by atoms with E-state index in [9.17, 15) is 9.59 Å². The fourth-order valence-electron chi connectivity index (χ4n) is 2.21. The Morgan fingerprint density at radius 3 is 2.53 bits per heavy atom. The number of aliphatic carboxylic acids is 1. The normalized spacial score (nSPS) is 17.4. The Labute approximate surface area is 113 Å². The van der Waals surface area contributed by atoms with Gasteiger partial charge in [0, 0.05) is 19.1 Å². The SMILES string of the molecule is CN(CCNC(=O)NC[C@H](O)C(=O)O)C1CCCC1. The average molecular weight is 273 g/mol. The summed E-state index contributed by atoms with van der Waals surface area (Å²) in [7, 11) is 2.05. The van der Waals surface area contributed by atoms with E-state index in [0.29, 0.717) is 12.6 Å². The molecule has 1 aliphatic rings. The second-order valence-corrected chi connectivity index (χ2v) is 4.91. The lowest BCUT2D eigenvalue weighted by molar-refractivity contribution is -0.146. The van der Waals surface area contributed by atoms with Crippen molar-refractivity contribution in [1.82, 2.24) is 15.5 Å². The number of carboxylic acid groups (broad SMARTS) is 1. The Bertz CT molecular complexity index is 305. The van der Waals surface area contributed by atoms with Gasteiger partial charge in [0.1, 0.15) is 0 Å². The third-order valence-electron chi connectivity index (χ3n) is 3.44. The Morgan fingerprint density at radius 1 is 1.32 bits per heavy atom. The van der Waals surface area contributed by atoms with Crippen LogP contribution in [-0.4, -0.2) is 65.9 Å². The van der Waals surface area contributed by atoms with Crippen molar-refractivity contribution in [2.45, 2.75) is 37.8 Å². The van der Waals surface area contributed by atoms with Crippen LogP contribution >= 0.6 is 0 Å². The molecule has 0 heterocycles. The largest absolute Gasteiger partial charge is 0.479 e. The van der Waals surface area contributed by atoms with Crippen molar-refractivity contribution in [3.05, 3.63) is 0 Å². The molecule has 0 bridgehead atoms. The lowest BCUT2D eigenvalue weighted by atomic mass is 10.2. The number of carbonyl (C=O) groups excluding carboxylic acids is 1. The lowest BCUT2D eigenvalue weighted by Crippen LogP contribution is -2.44. The first-order valence-electron chi connectivity index (χ1n) is 6.63. The van der Waals surface area contributed by atoms with E-state index in [1.807, 2.05) is 7.05 Å². The van der Waals surface area contributed by atoms with Gasteiger partial charge in [-0.05, 0) is 19.9 Å². The standard InChI is InChI=1S/C12H23N3O4/c1-15(9-4-2-3-5-9)7-6-13-12(19)14-8-10(16)11(17)18/h9-10,16H,2-8H2,1H3,(H,17,18)(H2,13,14,19)/t10-/m0/s1. The molecule has 0 aliphatic heterocycles. The fourth-order valence-corrected chi connectivity index (χ4v) is 2.21. The van der Waals surface area contributed by atoms with Crippen LogP contribution in [0.3, 0.4) is 0 Å². The van der Waals surface area contributed by atoms with Crippen LogP contribution in [0.5, 0.6) is 0 Å². The van der Waals surface area contributed by atoms with E-state index in [-0.39, 0.29) is 6.54 Å². The van der Waals surface area contributed by atoms with Crippen LogP contribution in [0.2, 0.25) is 0 Å². The van der Waals surface area contributed by atoms with Gasteiger partial charge in [0.05, 0.1) is 6.54 Å². The number of nitrogens with one attached hydrogen (secondary N) is 2. The Hall–Kier alpha value is -1.34. The van der Waals surface area contributed by atoms with Crippen LogP contribution in [0.25, 0.3) is 0 Å². The topological polar surface area (TPSA) is 102 Å². The Balaban J connectivity index is 2.08. The van der Waals surface area contributed by atoms with Crippen LogP contribution < -0.4 is 10.6 Å². The van der Waals surface area contributed by atoms with Gasteiger partial charge >= 0.3 is 12.0 Å². The number of aliphatic hydroxyl groups is 1. The molecule has 0 saturated heterocycles. The highest BCUT2D eigenvalue weighted by molar-refractivity contribution is 5.76. The zero-order valence-corrected chi connectivity index (χ0v) is 11.3. The first kappa shape index (κ1) is 15.7. The number of nitrogens with zero attached hydrogens (tertiary/aromatic N) is 1. The van der Waals surface area contributed by atoms with Crippen molar-refractivity contribution in [2.24, 2.45) is 0 Å². The maximum Gasteiger partial charge on any atom is 0.334 e. The number of likely N-dealkylation sites (N-methyl/N-ethyl adjacent to an activating group) is 1. The molecule has 2 amide bonds. The monoisotopic (exact) mass is 273 g/mol. The molecule has 0 aromatic rings. The van der Waals surface area contributed by atoms with Crippen LogP contribution in [0.1, 0.15) is 25.7 Å². The van der Waals surface area contributed by atoms with E-state index in [1.54, 1.807) is 0 Å². The third-order valence-corrected chi connectivity index (χ3v) is 3.44. The molecule has 1 aliphatic carbocycles. The summed E-state index contributed by atoms with van der Waals surface area (Å²) in [6.45, 7) is 0.973. The van der Waals surface area contributed by atoms with Crippen molar-refractivity contribution in [3.8, 4) is 0 Å². The van der Waals surface area contributed by atoms with Gasteiger partial charge in [-0.2, -0.15) is 0 Å². The molecule has 0 spiro atoms. The average Bonchev–Trinajstić information content (AvgIpc) is 2.89. The van der Waals surface area contributed by atoms with E-state index in [2.05, 4.69) is 15.5 Å². The van der Waals surface area contributed by atoms with Gasteiger partial charge < -0.3 is 25.7 Å². The highest BCUT2D eigenvalue weighted by Gasteiger charge is 2.19. The van der Waals surface area contributed by atoms with Gasteiger partial charge in [0.25, 0.3) is 0 Å². The van der Waals surface area contributed by atoms with E-state index < -0.39 is 18.1 Å². The molecule has 0 aromatic heterocycles. The summed E-state index contributed by atoms with van der Waals surface area (Å²) in [6, 6.07) is 0.152. The number of hydrogen-bond acceptors (Lipinski definition) is 4. The zero-order chi connectivity index (χ0) is 14.3. The molecular formula is C12H23N3O4. The highest BCUT2D eigenvalue weighted by Crippen LogP contribution is 2.21. The minimum absolute atomic E-state index is 0.292. The summed E-state index contributed by atoms with van der Waals surface area (Å²) in [4.78, 5) is 23.9. The number of carboxylic acids is 1. The van der Waals surface area contributed by atoms with Crippen LogP contribution in [0, 0.1) is 0 Å². The predicted octanol–water partition coefficient (Wildman–Crippen LogP) is -0.394. The van der Waals surface area contributed by atoms with Crippen molar-refractivity contribution >= 4 is 12.0 Å². The van der Waals surface area contributed by atoms with Gasteiger partial charge in [-0.1, -0.05) is 12.8 Å². The maximum atomic E-state index is 11.3. The van der Waals surface area contributed by atoms with Gasteiger partial charge in [-0.15, -0.1) is 0 Å². The molecule has 0 aromatic carbocycles. The van der Waals surface area contributed by atoms with Crippen molar-refractivity contribution in [3.63, 3.8) is 0 Å². The first-order valence-corrected chi connectivity index (χ1v) is 6.63. The number of carbonyl (C=O) groups is 2. The van der Waals surface area contributed by atoms with E-state index >= 15 is 0 Å². The highest BCUT2D eigenvalue weighted by atomic mass is 16.4. The lowest BCUT2D eigenvalue weighted by Gasteiger charge is -2.23. The molecule has 1 rings (SSSR count). The summed E-state index contributed by atoms with van der Waals surface area (Å²) in [6.07, 6.45) is 3.42. The molecule has 0 unspecified atom stereocenters. The minimum Gasteiger partial charge on any atom is -0.479 e. The van der Waals surface area contributed by atoms with Crippen LogP contribution in [0.15, 0.2) is 0 Å². The van der Waals surface area contributed by atoms with Crippen molar-refractivity contribution in [1.29, 1.82) is 0 Å². The van der Waals surface area contributed by atoms with E-state index in [1.165, 1.54) is 25.7 Å². The van der Waals surface area contributed by atoms with Gasteiger partial charge in [-0.3, -0.25) is 0 Å². The first-order chi connectivity index (χ1) is 9.00. The fraction of sp³-hybridized carbons (Fsp3) is 0.833. The second-order valence-electron chi connectivity index (χ2n) is 4.91. The molecule has 1 atom stereocenters. The molecule has 1 fully saturated rings. The van der Waals surface area contributed by atoms with Gasteiger partial charge in [0.2, 0.25) is 0 Å². The summed E-state index contributed by atoms with van der Waals surface area (Å²) in [5.41, 5.74) is 0. The maximum absolute atomic E-state index is 11.3. The number of amides is 2. The van der Waals surface area contributed by atoms with Crippen molar-refractivity contribution in [2.75, 3.05) is 26.7 Å². The zero-order valence-electron chi connectivity index (χ0n) is 11.3. The minimum atomic E-state index is -1.56. The predicted molar refractivity (Wildman–Crippen MR) is 69.9 cm³/mol. The molecular weight excluding hydrogens is 250 g/mol. The smallest absolute Gasteiger partial charge is 0.334 e. The summed E-state index contributed by atoms with van der Waals surface area (Å²) in [5.74, 6) is -1.35. The number of aliphatic hydroxyl groups excluding tert-OH is 1. The third kappa shape index (κ3) is 5.89. The quantitative estimate of drug-likeness (QED) is 0.506. The molecule has 19 heavy (non-hydrogen) atoms. The van der Waals surface area contributed by atoms with Gasteiger partial charge in [-0.25, -0.2) is 9.59 Å². The van der Waals surface area contributed by atoms with Crippen LogP contribution in [0.4, 0.5) is 4.79 Å². The number of rotatable bonds is 7. The second kappa shape index (κ2) is 7.96. The number of hydrogen-bond donors (Lipinski definition) is 4. The van der Waals surface area contributed by atoms with E-state index in [0.717, 1.165) is 6.54 Å². The molecule has 4 N–H and O–H groups in total. The molecule has 7 nitrogen and oxygen atoms in total. The van der Waals surface area contributed by atoms with Crippen molar-refractivity contribution < 1.29 is 19.8 Å². The summed E-state index contributed by atoms with van der Waals surface area (Å²) < 4.78 is 0. The number of urea groups is 1. The van der Waals surface area contributed by atoms with E-state index in [4.69, 9.17) is 10.2 Å². The molecule has 0 radical (unpaired) electrons. The van der Waals surface area contributed by atoms with Crippen LogP contribution in [-0.2, 0) is 4.79 Å².